The van der Waals surface area contributed by atoms with E-state index < -0.39 is 0 Å². The van der Waals surface area contributed by atoms with E-state index in [1.54, 1.807) is 0 Å². The first-order chi connectivity index (χ1) is 15.7. The van der Waals surface area contributed by atoms with Crippen LogP contribution in [0.5, 0.6) is 0 Å². The Morgan fingerprint density at radius 1 is 0.812 bits per heavy atom. The van der Waals surface area contributed by atoms with Crippen LogP contribution in [0.1, 0.15) is 37.8 Å². The summed E-state index contributed by atoms with van der Waals surface area (Å²) < 4.78 is 0. The summed E-state index contributed by atoms with van der Waals surface area (Å²) in [5, 5.41) is 4.60. The highest BCUT2D eigenvalue weighted by molar-refractivity contribution is 5.99. The summed E-state index contributed by atoms with van der Waals surface area (Å²) in [7, 11) is 0. The number of unbranched alkanes of at least 4 members (excludes halogenated alkanes) is 1. The molecule has 0 saturated carbocycles. The molecule has 0 saturated heterocycles. The summed E-state index contributed by atoms with van der Waals surface area (Å²) in [6, 6.07) is 30.7. The summed E-state index contributed by atoms with van der Waals surface area (Å²) in [4.78, 5) is 9.51. The predicted molar refractivity (Wildman–Crippen MR) is 134 cm³/mol. The van der Waals surface area contributed by atoms with Gasteiger partial charge in [0, 0.05) is 17.2 Å². The van der Waals surface area contributed by atoms with E-state index in [4.69, 9.17) is 9.97 Å². The van der Waals surface area contributed by atoms with E-state index in [9.17, 15) is 0 Å². The first-order valence-corrected chi connectivity index (χ1v) is 11.1. The molecule has 4 heteroatoms. The maximum atomic E-state index is 4.79. The molecule has 160 valence electrons. The zero-order valence-electron chi connectivity index (χ0n) is 18.6. The molecule has 4 rings (SSSR count). The van der Waals surface area contributed by atoms with Crippen molar-refractivity contribution in [2.45, 2.75) is 33.1 Å². The van der Waals surface area contributed by atoms with Gasteiger partial charge in [-0.1, -0.05) is 98.3 Å². The van der Waals surface area contributed by atoms with Crippen molar-refractivity contribution in [2.24, 2.45) is 5.10 Å². The third-order valence-electron chi connectivity index (χ3n) is 5.36. The first-order valence-electron chi connectivity index (χ1n) is 11.1. The van der Waals surface area contributed by atoms with Crippen molar-refractivity contribution in [3.8, 4) is 22.6 Å². The van der Waals surface area contributed by atoms with Gasteiger partial charge in [-0.3, -0.25) is 5.43 Å². The lowest BCUT2D eigenvalue weighted by atomic mass is 10.0. The van der Waals surface area contributed by atoms with Crippen LogP contribution >= 0.6 is 0 Å². The second kappa shape index (κ2) is 10.5. The molecule has 0 radical (unpaired) electrons. The Kier molecular flexibility index (Phi) is 7.03. The number of aryl methyl sites for hydroxylation is 1. The molecule has 4 nitrogen and oxygen atoms in total. The third-order valence-corrected chi connectivity index (χ3v) is 5.36. The normalized spacial score (nSPS) is 11.4. The molecule has 0 unspecified atom stereocenters. The number of aromatic nitrogens is 2. The minimum Gasteiger partial charge on any atom is -0.261 e. The summed E-state index contributed by atoms with van der Waals surface area (Å²) in [6.07, 6.45) is 3.55. The van der Waals surface area contributed by atoms with Crippen LogP contribution in [0.4, 0.5) is 5.82 Å². The minimum atomic E-state index is 0.664. The molecule has 1 aromatic heterocycles. The van der Waals surface area contributed by atoms with Crippen LogP contribution in [0, 0.1) is 0 Å². The van der Waals surface area contributed by atoms with Gasteiger partial charge in [-0.25, -0.2) is 9.97 Å². The summed E-state index contributed by atoms with van der Waals surface area (Å²) in [6.45, 7) is 4.22. The maximum absolute atomic E-state index is 4.79. The van der Waals surface area contributed by atoms with E-state index in [0.29, 0.717) is 11.6 Å². The van der Waals surface area contributed by atoms with E-state index in [0.717, 1.165) is 34.5 Å². The van der Waals surface area contributed by atoms with Crippen LogP contribution < -0.4 is 5.43 Å². The Morgan fingerprint density at radius 3 is 2.12 bits per heavy atom. The lowest BCUT2D eigenvalue weighted by Crippen LogP contribution is -2.03. The Labute approximate surface area is 190 Å². The predicted octanol–water partition coefficient (Wildman–Crippen LogP) is 6.99. The van der Waals surface area contributed by atoms with Gasteiger partial charge in [-0.05, 0) is 30.9 Å². The average molecular weight is 421 g/mol. The van der Waals surface area contributed by atoms with Gasteiger partial charge in [-0.2, -0.15) is 5.10 Å². The SMILES string of the molecule is CCCCc1ccc(/C(C)=N/Nc2cc(-c3ccccc3)nc(-c3ccccc3)n2)cc1. The first kappa shape index (κ1) is 21.4. The number of hydrazone groups is 1. The largest absolute Gasteiger partial charge is 0.261 e. The van der Waals surface area contributed by atoms with Crippen molar-refractivity contribution in [3.63, 3.8) is 0 Å². The van der Waals surface area contributed by atoms with E-state index >= 15 is 0 Å². The van der Waals surface area contributed by atoms with Gasteiger partial charge in [0.25, 0.3) is 0 Å². The zero-order valence-corrected chi connectivity index (χ0v) is 18.6. The van der Waals surface area contributed by atoms with E-state index in [1.165, 1.54) is 18.4 Å². The number of hydrogen-bond donors (Lipinski definition) is 1. The molecule has 0 aliphatic carbocycles. The number of nitrogens with one attached hydrogen (secondary N) is 1. The quantitative estimate of drug-likeness (QED) is 0.247. The van der Waals surface area contributed by atoms with Crippen LogP contribution in [0.15, 0.2) is 96.1 Å². The topological polar surface area (TPSA) is 50.2 Å². The maximum Gasteiger partial charge on any atom is 0.162 e. The molecule has 0 atom stereocenters. The van der Waals surface area contributed by atoms with Crippen molar-refractivity contribution >= 4 is 11.5 Å². The van der Waals surface area contributed by atoms with Crippen molar-refractivity contribution in [1.82, 2.24) is 9.97 Å². The molecule has 4 aromatic rings. The van der Waals surface area contributed by atoms with Crippen LogP contribution in [0.3, 0.4) is 0 Å². The Morgan fingerprint density at radius 2 is 1.47 bits per heavy atom. The van der Waals surface area contributed by atoms with Gasteiger partial charge in [-0.15, -0.1) is 0 Å². The molecule has 0 spiro atoms. The van der Waals surface area contributed by atoms with Crippen molar-refractivity contribution in [3.05, 3.63) is 102 Å². The summed E-state index contributed by atoms with van der Waals surface area (Å²) >= 11 is 0. The van der Waals surface area contributed by atoms with Crippen molar-refractivity contribution in [2.75, 3.05) is 5.43 Å². The van der Waals surface area contributed by atoms with E-state index in [2.05, 4.69) is 53.8 Å². The van der Waals surface area contributed by atoms with E-state index in [1.807, 2.05) is 61.5 Å². The van der Waals surface area contributed by atoms with Gasteiger partial charge >= 0.3 is 0 Å². The van der Waals surface area contributed by atoms with E-state index in [-0.39, 0.29) is 0 Å². The average Bonchev–Trinajstić information content (AvgIpc) is 2.87. The highest BCUT2D eigenvalue weighted by atomic mass is 15.3. The molecule has 0 aliphatic heterocycles. The monoisotopic (exact) mass is 420 g/mol. The molecule has 0 bridgehead atoms. The van der Waals surface area contributed by atoms with Gasteiger partial charge in [0.15, 0.2) is 11.6 Å². The second-order valence-corrected chi connectivity index (χ2v) is 7.80. The fourth-order valence-electron chi connectivity index (χ4n) is 3.48. The summed E-state index contributed by atoms with van der Waals surface area (Å²) in [5.41, 5.74) is 9.39. The Balaban J connectivity index is 1.61. The second-order valence-electron chi connectivity index (χ2n) is 7.80. The number of benzene rings is 3. The van der Waals surface area contributed by atoms with Crippen molar-refractivity contribution in [1.29, 1.82) is 0 Å². The lowest BCUT2D eigenvalue weighted by molar-refractivity contribution is 0.795. The van der Waals surface area contributed by atoms with Crippen molar-refractivity contribution < 1.29 is 0 Å². The van der Waals surface area contributed by atoms with Gasteiger partial charge in [0.1, 0.15) is 0 Å². The fourth-order valence-corrected chi connectivity index (χ4v) is 3.48. The molecule has 3 aromatic carbocycles. The molecule has 1 N–H and O–H groups in total. The van der Waals surface area contributed by atoms with Crippen LogP contribution in [-0.2, 0) is 6.42 Å². The number of nitrogens with zero attached hydrogens (tertiary/aromatic N) is 3. The molecule has 0 fully saturated rings. The highest BCUT2D eigenvalue weighted by Crippen LogP contribution is 2.24. The molecule has 0 aliphatic rings. The van der Waals surface area contributed by atoms with Crippen LogP contribution in [0.2, 0.25) is 0 Å². The number of anilines is 1. The molecule has 0 amide bonds. The Hall–Kier alpha value is -3.79. The number of hydrogen-bond acceptors (Lipinski definition) is 4. The van der Waals surface area contributed by atoms with Gasteiger partial charge in [0.05, 0.1) is 11.4 Å². The zero-order chi connectivity index (χ0) is 22.2. The smallest absolute Gasteiger partial charge is 0.162 e. The van der Waals surface area contributed by atoms with Gasteiger partial charge < -0.3 is 0 Å². The molecular weight excluding hydrogens is 392 g/mol. The molecular formula is C28H28N4. The standard InChI is InChI=1S/C28H28N4/c1-3-4-11-22-16-18-23(19-17-22)21(2)31-32-27-20-26(24-12-7-5-8-13-24)29-28(30-27)25-14-9-6-10-15-25/h5-10,12-20H,3-4,11H2,1-2H3,(H,29,30,32)/b31-21+. The third kappa shape index (κ3) is 5.46. The Bertz CT molecular complexity index is 1110. The fraction of sp³-hybridized carbons (Fsp3) is 0.179. The van der Waals surface area contributed by atoms with Crippen LogP contribution in [0.25, 0.3) is 22.6 Å². The van der Waals surface area contributed by atoms with Gasteiger partial charge in [0.2, 0.25) is 0 Å². The van der Waals surface area contributed by atoms with Crippen LogP contribution in [-0.4, -0.2) is 15.7 Å². The number of rotatable bonds is 8. The highest BCUT2D eigenvalue weighted by Gasteiger charge is 2.09. The molecule has 32 heavy (non-hydrogen) atoms. The minimum absolute atomic E-state index is 0.664. The summed E-state index contributed by atoms with van der Waals surface area (Å²) in [5.74, 6) is 1.33. The molecule has 1 heterocycles. The lowest BCUT2D eigenvalue weighted by Gasteiger charge is -2.09.